The monoisotopic (exact) mass is 207 g/mol. The standard InChI is InChI=1S/C11H13NO3/c13-9-3-4-10(14)12(9)8-5-6-15-11(8)7-1-2-7/h3-4,7-8,11H,1-2,5-6H2. The van der Waals surface area contributed by atoms with E-state index in [1.54, 1.807) is 0 Å². The number of ether oxygens (including phenoxy) is 1. The number of hydrogen-bond acceptors (Lipinski definition) is 3. The van der Waals surface area contributed by atoms with Gasteiger partial charge < -0.3 is 4.74 Å². The Hall–Kier alpha value is -1.16. The van der Waals surface area contributed by atoms with E-state index in [1.807, 2.05) is 0 Å². The van der Waals surface area contributed by atoms with Gasteiger partial charge >= 0.3 is 0 Å². The van der Waals surface area contributed by atoms with Crippen molar-refractivity contribution in [3.05, 3.63) is 12.2 Å². The smallest absolute Gasteiger partial charge is 0.253 e. The zero-order valence-corrected chi connectivity index (χ0v) is 8.39. The highest BCUT2D eigenvalue weighted by atomic mass is 16.5. The van der Waals surface area contributed by atoms with Crippen LogP contribution in [0.1, 0.15) is 19.3 Å². The second-order valence-corrected chi connectivity index (χ2v) is 4.41. The minimum Gasteiger partial charge on any atom is -0.376 e. The Bertz CT molecular complexity index is 328. The van der Waals surface area contributed by atoms with Crippen LogP contribution in [0.25, 0.3) is 0 Å². The molecule has 2 heterocycles. The molecule has 4 nitrogen and oxygen atoms in total. The number of hydrogen-bond donors (Lipinski definition) is 0. The summed E-state index contributed by atoms with van der Waals surface area (Å²) in [5.74, 6) is 0.209. The molecule has 2 unspecified atom stereocenters. The predicted molar refractivity (Wildman–Crippen MR) is 51.9 cm³/mol. The maximum absolute atomic E-state index is 11.5. The van der Waals surface area contributed by atoms with Crippen LogP contribution in [-0.2, 0) is 14.3 Å². The largest absolute Gasteiger partial charge is 0.376 e. The van der Waals surface area contributed by atoms with Gasteiger partial charge in [-0.2, -0.15) is 0 Å². The number of imide groups is 1. The quantitative estimate of drug-likeness (QED) is 0.619. The second-order valence-electron chi connectivity index (χ2n) is 4.41. The van der Waals surface area contributed by atoms with Crippen LogP contribution in [0.4, 0.5) is 0 Å². The third-order valence-corrected chi connectivity index (χ3v) is 3.36. The maximum Gasteiger partial charge on any atom is 0.253 e. The van der Waals surface area contributed by atoms with Gasteiger partial charge in [0.1, 0.15) is 0 Å². The Balaban J connectivity index is 1.80. The van der Waals surface area contributed by atoms with Gasteiger partial charge in [-0.1, -0.05) is 0 Å². The summed E-state index contributed by atoms with van der Waals surface area (Å²) in [6.45, 7) is 0.670. The van der Waals surface area contributed by atoms with Crippen molar-refractivity contribution in [1.29, 1.82) is 0 Å². The lowest BCUT2D eigenvalue weighted by Gasteiger charge is -2.26. The van der Waals surface area contributed by atoms with Crippen molar-refractivity contribution < 1.29 is 14.3 Å². The molecule has 1 aliphatic carbocycles. The number of rotatable bonds is 2. The summed E-state index contributed by atoms with van der Waals surface area (Å²) in [4.78, 5) is 24.4. The van der Waals surface area contributed by atoms with Gasteiger partial charge in [-0.3, -0.25) is 14.5 Å². The van der Waals surface area contributed by atoms with Crippen LogP contribution in [0.3, 0.4) is 0 Å². The average molecular weight is 207 g/mol. The third-order valence-electron chi connectivity index (χ3n) is 3.36. The highest BCUT2D eigenvalue weighted by Gasteiger charge is 2.46. The van der Waals surface area contributed by atoms with Crippen LogP contribution in [0, 0.1) is 5.92 Å². The molecule has 1 saturated heterocycles. The summed E-state index contributed by atoms with van der Waals surface area (Å²) in [6.07, 6.45) is 5.93. The Kier molecular flexibility index (Phi) is 1.92. The molecule has 3 aliphatic rings. The first-order chi connectivity index (χ1) is 7.27. The van der Waals surface area contributed by atoms with Crippen LogP contribution in [0.5, 0.6) is 0 Å². The first-order valence-electron chi connectivity index (χ1n) is 5.44. The topological polar surface area (TPSA) is 46.6 Å². The van der Waals surface area contributed by atoms with E-state index in [2.05, 4.69) is 0 Å². The fourth-order valence-electron chi connectivity index (χ4n) is 2.49. The molecule has 0 aromatic heterocycles. The first-order valence-corrected chi connectivity index (χ1v) is 5.44. The molecule has 0 bridgehead atoms. The fraction of sp³-hybridized carbons (Fsp3) is 0.636. The van der Waals surface area contributed by atoms with E-state index in [0.717, 1.165) is 6.42 Å². The van der Waals surface area contributed by atoms with Crippen molar-refractivity contribution in [2.24, 2.45) is 5.92 Å². The van der Waals surface area contributed by atoms with Crippen molar-refractivity contribution in [1.82, 2.24) is 4.90 Å². The highest BCUT2D eigenvalue weighted by molar-refractivity contribution is 6.13. The number of carbonyl (C=O) groups is 2. The lowest BCUT2D eigenvalue weighted by atomic mass is 10.0. The molecule has 4 heteroatoms. The number of amides is 2. The van der Waals surface area contributed by atoms with Crippen molar-refractivity contribution >= 4 is 11.8 Å². The molecule has 0 aromatic carbocycles. The Labute approximate surface area is 87.9 Å². The van der Waals surface area contributed by atoms with Gasteiger partial charge in [-0.25, -0.2) is 0 Å². The van der Waals surface area contributed by atoms with Gasteiger partial charge in [-0.05, 0) is 25.2 Å². The molecule has 80 valence electrons. The van der Waals surface area contributed by atoms with Crippen LogP contribution in [0.15, 0.2) is 12.2 Å². The SMILES string of the molecule is O=C1C=CC(=O)N1C1CCOC1C1CC1. The van der Waals surface area contributed by atoms with Gasteiger partial charge in [0, 0.05) is 18.8 Å². The molecule has 0 aromatic rings. The van der Waals surface area contributed by atoms with Crippen LogP contribution >= 0.6 is 0 Å². The molecule has 0 radical (unpaired) electrons. The first kappa shape index (κ1) is 9.09. The van der Waals surface area contributed by atoms with Crippen molar-refractivity contribution in [3.8, 4) is 0 Å². The fourth-order valence-corrected chi connectivity index (χ4v) is 2.49. The number of nitrogens with zero attached hydrogens (tertiary/aromatic N) is 1. The van der Waals surface area contributed by atoms with Gasteiger partial charge in [0.15, 0.2) is 0 Å². The summed E-state index contributed by atoms with van der Waals surface area (Å²) in [7, 11) is 0. The summed E-state index contributed by atoms with van der Waals surface area (Å²) < 4.78 is 5.62. The van der Waals surface area contributed by atoms with E-state index >= 15 is 0 Å². The summed E-state index contributed by atoms with van der Waals surface area (Å²) in [5.41, 5.74) is 0. The average Bonchev–Trinajstić information content (AvgIpc) is 2.87. The second kappa shape index (κ2) is 3.17. The zero-order chi connectivity index (χ0) is 10.4. The van der Waals surface area contributed by atoms with Crippen LogP contribution in [-0.4, -0.2) is 35.5 Å². The molecule has 2 amide bonds. The van der Waals surface area contributed by atoms with Crippen molar-refractivity contribution in [2.45, 2.75) is 31.4 Å². The third kappa shape index (κ3) is 1.40. The molecule has 2 aliphatic heterocycles. The maximum atomic E-state index is 11.5. The molecule has 0 N–H and O–H groups in total. The van der Waals surface area contributed by atoms with E-state index in [1.165, 1.54) is 29.9 Å². The molecule has 15 heavy (non-hydrogen) atoms. The van der Waals surface area contributed by atoms with E-state index < -0.39 is 0 Å². The molecule has 2 atom stereocenters. The lowest BCUT2D eigenvalue weighted by Crippen LogP contribution is -2.45. The Morgan fingerprint density at radius 2 is 1.80 bits per heavy atom. The molecule has 3 rings (SSSR count). The van der Waals surface area contributed by atoms with Gasteiger partial charge in [0.25, 0.3) is 11.8 Å². The van der Waals surface area contributed by atoms with Crippen molar-refractivity contribution in [2.75, 3.05) is 6.61 Å². The number of carbonyl (C=O) groups excluding carboxylic acids is 2. The van der Waals surface area contributed by atoms with E-state index in [4.69, 9.17) is 4.74 Å². The van der Waals surface area contributed by atoms with Crippen molar-refractivity contribution in [3.63, 3.8) is 0 Å². The van der Waals surface area contributed by atoms with E-state index in [0.29, 0.717) is 12.5 Å². The van der Waals surface area contributed by atoms with Gasteiger partial charge in [-0.15, -0.1) is 0 Å². The van der Waals surface area contributed by atoms with Gasteiger partial charge in [0.2, 0.25) is 0 Å². The van der Waals surface area contributed by atoms with E-state index in [-0.39, 0.29) is 24.0 Å². The lowest BCUT2D eigenvalue weighted by molar-refractivity contribution is -0.141. The minimum absolute atomic E-state index is 0.0208. The Morgan fingerprint density at radius 1 is 1.13 bits per heavy atom. The molecule has 1 saturated carbocycles. The van der Waals surface area contributed by atoms with Crippen LogP contribution in [0.2, 0.25) is 0 Å². The summed E-state index contributed by atoms with van der Waals surface area (Å²) in [5, 5.41) is 0. The summed E-state index contributed by atoms with van der Waals surface area (Å²) in [6, 6.07) is -0.0208. The molecule has 0 spiro atoms. The normalized spacial score (nSPS) is 35.6. The Morgan fingerprint density at radius 3 is 2.40 bits per heavy atom. The molecular weight excluding hydrogens is 194 g/mol. The van der Waals surface area contributed by atoms with E-state index in [9.17, 15) is 9.59 Å². The zero-order valence-electron chi connectivity index (χ0n) is 8.39. The molecular formula is C11H13NO3. The van der Waals surface area contributed by atoms with Crippen LogP contribution < -0.4 is 0 Å². The highest BCUT2D eigenvalue weighted by Crippen LogP contribution is 2.40. The predicted octanol–water partition coefficient (Wildman–Crippen LogP) is 0.479. The van der Waals surface area contributed by atoms with Gasteiger partial charge in [0.05, 0.1) is 12.1 Å². The minimum atomic E-state index is -0.179. The molecule has 2 fully saturated rings. The summed E-state index contributed by atoms with van der Waals surface area (Å²) >= 11 is 0.